The molecular weight excluding hydrogens is 330 g/mol. The molecule has 0 aliphatic carbocycles. The molecule has 1 aromatic rings. The van der Waals surface area contributed by atoms with Gasteiger partial charge in [-0.3, -0.25) is 4.79 Å². The molecule has 6 heteroatoms. The summed E-state index contributed by atoms with van der Waals surface area (Å²) in [4.78, 5) is 25.5. The van der Waals surface area contributed by atoms with Gasteiger partial charge >= 0.3 is 5.97 Å². The Labute approximate surface area is 147 Å². The Kier molecular flexibility index (Phi) is 6.40. The number of carbonyl (C=O) groups is 2. The maximum atomic E-state index is 12.1. The van der Waals surface area contributed by atoms with Crippen molar-refractivity contribution in [2.45, 2.75) is 33.0 Å². The van der Waals surface area contributed by atoms with E-state index in [1.807, 2.05) is 32.9 Å². The summed E-state index contributed by atoms with van der Waals surface area (Å²) in [6, 6.07) is 5.49. The predicted octanol–water partition coefficient (Wildman–Crippen LogP) is 2.84. The molecule has 1 fully saturated rings. The van der Waals surface area contributed by atoms with Crippen LogP contribution in [-0.2, 0) is 19.1 Å². The van der Waals surface area contributed by atoms with Crippen molar-refractivity contribution in [2.24, 2.45) is 0 Å². The molecule has 2 rings (SSSR count). The van der Waals surface area contributed by atoms with Gasteiger partial charge in [0, 0.05) is 24.2 Å². The molecular formula is C18H22ClNO4. The summed E-state index contributed by atoms with van der Waals surface area (Å²) in [6.07, 6.45) is 2.87. The second-order valence-corrected chi connectivity index (χ2v) is 6.41. The van der Waals surface area contributed by atoms with Crippen molar-refractivity contribution in [1.29, 1.82) is 0 Å². The highest BCUT2D eigenvalue weighted by Gasteiger charge is 2.26. The number of esters is 1. The topological polar surface area (TPSA) is 55.8 Å². The molecule has 130 valence electrons. The highest BCUT2D eigenvalue weighted by atomic mass is 35.5. The molecule has 0 radical (unpaired) electrons. The largest absolute Gasteiger partial charge is 0.452 e. The maximum absolute atomic E-state index is 12.1. The number of aryl methyl sites for hydroxylation is 1. The van der Waals surface area contributed by atoms with E-state index in [1.54, 1.807) is 17.0 Å². The zero-order chi connectivity index (χ0) is 17.7. The summed E-state index contributed by atoms with van der Waals surface area (Å²) >= 11 is 6.03. The lowest BCUT2D eigenvalue weighted by Gasteiger charge is -2.35. The van der Waals surface area contributed by atoms with Crippen LogP contribution in [0.5, 0.6) is 0 Å². The first-order valence-electron chi connectivity index (χ1n) is 7.89. The van der Waals surface area contributed by atoms with Crippen LogP contribution in [0, 0.1) is 6.92 Å². The van der Waals surface area contributed by atoms with E-state index in [0.29, 0.717) is 18.1 Å². The number of carbonyl (C=O) groups excluding carboxylic acids is 2. The first-order valence-corrected chi connectivity index (χ1v) is 8.27. The van der Waals surface area contributed by atoms with Crippen molar-refractivity contribution >= 4 is 29.6 Å². The van der Waals surface area contributed by atoms with Gasteiger partial charge in [0.2, 0.25) is 0 Å². The molecule has 1 heterocycles. The van der Waals surface area contributed by atoms with E-state index in [0.717, 1.165) is 11.1 Å². The lowest BCUT2D eigenvalue weighted by Crippen LogP contribution is -2.49. The average molecular weight is 352 g/mol. The van der Waals surface area contributed by atoms with E-state index in [4.69, 9.17) is 21.1 Å². The summed E-state index contributed by atoms with van der Waals surface area (Å²) in [5, 5.41) is 0.635. The predicted molar refractivity (Wildman–Crippen MR) is 92.8 cm³/mol. The summed E-state index contributed by atoms with van der Waals surface area (Å²) in [5.41, 5.74) is 1.76. The van der Waals surface area contributed by atoms with Crippen LogP contribution in [0.4, 0.5) is 0 Å². The van der Waals surface area contributed by atoms with Crippen LogP contribution in [-0.4, -0.2) is 48.7 Å². The highest BCUT2D eigenvalue weighted by Crippen LogP contribution is 2.17. The molecule has 1 aliphatic rings. The molecule has 1 amide bonds. The normalized spacial score (nSPS) is 21.1. The molecule has 0 unspecified atom stereocenters. The third-order valence-corrected chi connectivity index (χ3v) is 4.13. The summed E-state index contributed by atoms with van der Waals surface area (Å²) in [6.45, 7) is 6.49. The Hall–Kier alpha value is -1.85. The minimum Gasteiger partial charge on any atom is -0.452 e. The van der Waals surface area contributed by atoms with Crippen LogP contribution in [0.15, 0.2) is 24.3 Å². The van der Waals surface area contributed by atoms with E-state index < -0.39 is 5.97 Å². The smallest absolute Gasteiger partial charge is 0.331 e. The second-order valence-electron chi connectivity index (χ2n) is 6.01. The van der Waals surface area contributed by atoms with Crippen molar-refractivity contribution in [3.63, 3.8) is 0 Å². The Balaban J connectivity index is 1.83. The van der Waals surface area contributed by atoms with Gasteiger partial charge in [0.1, 0.15) is 0 Å². The Morgan fingerprint density at radius 1 is 1.33 bits per heavy atom. The molecule has 1 saturated heterocycles. The van der Waals surface area contributed by atoms with Crippen molar-refractivity contribution in [1.82, 2.24) is 4.90 Å². The van der Waals surface area contributed by atoms with Gasteiger partial charge in [0.15, 0.2) is 6.61 Å². The Bertz CT molecular complexity index is 634. The Morgan fingerprint density at radius 2 is 2.00 bits per heavy atom. The van der Waals surface area contributed by atoms with E-state index in [9.17, 15) is 9.59 Å². The zero-order valence-electron chi connectivity index (χ0n) is 14.1. The summed E-state index contributed by atoms with van der Waals surface area (Å²) < 4.78 is 10.6. The highest BCUT2D eigenvalue weighted by molar-refractivity contribution is 6.31. The van der Waals surface area contributed by atoms with Gasteiger partial charge in [-0.05, 0) is 44.0 Å². The van der Waals surface area contributed by atoms with Gasteiger partial charge in [-0.1, -0.05) is 23.7 Å². The first kappa shape index (κ1) is 18.5. The summed E-state index contributed by atoms with van der Waals surface area (Å²) in [7, 11) is 0. The number of hydrogen-bond acceptors (Lipinski definition) is 4. The van der Waals surface area contributed by atoms with Gasteiger partial charge in [-0.15, -0.1) is 0 Å². The number of hydrogen-bond donors (Lipinski definition) is 0. The van der Waals surface area contributed by atoms with E-state index in [-0.39, 0.29) is 24.7 Å². The van der Waals surface area contributed by atoms with Crippen molar-refractivity contribution in [3.05, 3.63) is 40.4 Å². The first-order chi connectivity index (χ1) is 11.3. The van der Waals surface area contributed by atoms with Gasteiger partial charge in [-0.2, -0.15) is 0 Å². The van der Waals surface area contributed by atoms with Crippen LogP contribution in [0.3, 0.4) is 0 Å². The molecule has 1 aromatic carbocycles. The van der Waals surface area contributed by atoms with Gasteiger partial charge < -0.3 is 14.4 Å². The van der Waals surface area contributed by atoms with Gasteiger partial charge in [0.25, 0.3) is 5.91 Å². The second kappa shape index (κ2) is 8.31. The molecule has 24 heavy (non-hydrogen) atoms. The molecule has 2 atom stereocenters. The third-order valence-electron chi connectivity index (χ3n) is 3.72. The van der Waals surface area contributed by atoms with Gasteiger partial charge in [-0.25, -0.2) is 4.79 Å². The molecule has 0 spiro atoms. The number of morpholine rings is 1. The fraction of sp³-hybridized carbons (Fsp3) is 0.444. The quantitative estimate of drug-likeness (QED) is 0.618. The molecule has 0 saturated carbocycles. The molecule has 0 N–H and O–H groups in total. The minimum absolute atomic E-state index is 0.0143. The molecule has 0 bridgehead atoms. The monoisotopic (exact) mass is 351 g/mol. The fourth-order valence-corrected chi connectivity index (χ4v) is 2.72. The maximum Gasteiger partial charge on any atom is 0.331 e. The Morgan fingerprint density at radius 3 is 2.62 bits per heavy atom. The minimum atomic E-state index is -0.561. The van der Waals surface area contributed by atoms with Crippen molar-refractivity contribution in [2.75, 3.05) is 19.7 Å². The molecule has 1 aliphatic heterocycles. The molecule has 0 aromatic heterocycles. The number of nitrogens with zero attached hydrogens (tertiary/aromatic N) is 1. The van der Waals surface area contributed by atoms with Crippen molar-refractivity contribution < 1.29 is 19.1 Å². The standard InChI is InChI=1S/C18H22ClNO4/c1-12-4-5-15(8-16(12)19)6-7-18(22)23-11-17(21)20-9-13(2)24-14(3)10-20/h4-8,13-14H,9-11H2,1-3H3/b7-6+/t13-,14+. The third kappa shape index (κ3) is 5.35. The van der Waals surface area contributed by atoms with Crippen LogP contribution in [0.25, 0.3) is 6.08 Å². The average Bonchev–Trinajstić information content (AvgIpc) is 2.52. The van der Waals surface area contributed by atoms with Crippen LogP contribution >= 0.6 is 11.6 Å². The van der Waals surface area contributed by atoms with Crippen molar-refractivity contribution in [3.8, 4) is 0 Å². The van der Waals surface area contributed by atoms with Gasteiger partial charge in [0.05, 0.1) is 12.2 Å². The lowest BCUT2D eigenvalue weighted by molar-refractivity contribution is -0.154. The fourth-order valence-electron chi connectivity index (χ4n) is 2.53. The van der Waals surface area contributed by atoms with Crippen LogP contribution in [0.1, 0.15) is 25.0 Å². The van der Waals surface area contributed by atoms with Crippen LogP contribution in [0.2, 0.25) is 5.02 Å². The lowest BCUT2D eigenvalue weighted by atomic mass is 10.1. The van der Waals surface area contributed by atoms with E-state index in [2.05, 4.69) is 0 Å². The number of halogens is 1. The number of ether oxygens (including phenoxy) is 2. The molecule has 5 nitrogen and oxygen atoms in total. The van der Waals surface area contributed by atoms with E-state index >= 15 is 0 Å². The number of amides is 1. The SMILES string of the molecule is Cc1ccc(/C=C/C(=O)OCC(=O)N2C[C@@H](C)O[C@@H](C)C2)cc1Cl. The zero-order valence-corrected chi connectivity index (χ0v) is 14.9. The number of benzene rings is 1. The van der Waals surface area contributed by atoms with Crippen LogP contribution < -0.4 is 0 Å². The number of rotatable bonds is 4. The summed E-state index contributed by atoms with van der Waals surface area (Å²) in [5.74, 6) is -0.772. The van der Waals surface area contributed by atoms with E-state index in [1.165, 1.54) is 6.08 Å².